The fraction of sp³-hybridized carbons (Fsp3) is 0.227. The molecule has 11 nitrogen and oxygen atoms in total. The molecule has 1 aromatic heterocycles. The summed E-state index contributed by atoms with van der Waals surface area (Å²) < 4.78 is 6.18. The van der Waals surface area contributed by atoms with Crippen LogP contribution in [0.25, 0.3) is 5.57 Å². The number of methoxy groups -OCH3 is 1. The topological polar surface area (TPSA) is 148 Å². The number of anilines is 2. The Labute approximate surface area is 190 Å². The number of allylic oxidation sites excluding steroid dienone is 2. The van der Waals surface area contributed by atoms with Crippen LogP contribution in [0.1, 0.15) is 28.7 Å². The zero-order valence-electron chi connectivity index (χ0n) is 18.2. The van der Waals surface area contributed by atoms with Gasteiger partial charge in [0.15, 0.2) is 5.78 Å². The summed E-state index contributed by atoms with van der Waals surface area (Å²) in [6.07, 6.45) is 3.94. The number of hydrogen-bond donors (Lipinski definition) is 4. The Hall–Kier alpha value is -4.25. The van der Waals surface area contributed by atoms with Crippen molar-refractivity contribution in [3.8, 4) is 0 Å². The number of para-hydroxylation sites is 1. The van der Waals surface area contributed by atoms with E-state index < -0.39 is 12.3 Å². The van der Waals surface area contributed by atoms with E-state index in [2.05, 4.69) is 10.6 Å². The lowest BCUT2D eigenvalue weighted by molar-refractivity contribution is -0.130. The van der Waals surface area contributed by atoms with Crippen LogP contribution in [0, 0.1) is 0 Å². The van der Waals surface area contributed by atoms with Crippen molar-refractivity contribution >= 4 is 34.7 Å². The van der Waals surface area contributed by atoms with Crippen LogP contribution < -0.4 is 22.3 Å². The lowest BCUT2D eigenvalue weighted by atomic mass is 10.0. The molecule has 2 aliphatic rings. The average molecular weight is 451 g/mol. The third kappa shape index (κ3) is 4.01. The molecule has 33 heavy (non-hydrogen) atoms. The van der Waals surface area contributed by atoms with Gasteiger partial charge in [-0.05, 0) is 30.5 Å². The second-order valence-corrected chi connectivity index (χ2v) is 7.65. The Morgan fingerprint density at radius 3 is 2.64 bits per heavy atom. The number of aromatic nitrogens is 1. The molecule has 0 radical (unpaired) electrons. The molecular formula is C22H25N7O4. The Morgan fingerprint density at radius 2 is 1.97 bits per heavy atom. The van der Waals surface area contributed by atoms with E-state index in [-0.39, 0.29) is 24.8 Å². The summed E-state index contributed by atoms with van der Waals surface area (Å²) in [6.45, 7) is 1.33. The number of ether oxygens (including phenoxy) is 1. The first kappa shape index (κ1) is 22.0. The number of nitrogen functional groups attached to an aromatic ring is 1. The molecule has 2 aromatic rings. The second-order valence-electron chi connectivity index (χ2n) is 7.65. The highest BCUT2D eigenvalue weighted by Crippen LogP contribution is 2.38. The average Bonchev–Trinajstić information content (AvgIpc) is 3.10. The van der Waals surface area contributed by atoms with Crippen molar-refractivity contribution in [2.24, 2.45) is 5.84 Å². The number of Topliss-reactive ketones (excluding diaryl/α,β-unsaturated/α-hetero) is 1. The third-order valence-corrected chi connectivity index (χ3v) is 5.54. The molecule has 0 fully saturated rings. The van der Waals surface area contributed by atoms with Gasteiger partial charge in [0, 0.05) is 18.2 Å². The highest BCUT2D eigenvalue weighted by Gasteiger charge is 2.36. The molecule has 6 N–H and O–H groups in total. The van der Waals surface area contributed by atoms with E-state index in [1.165, 1.54) is 23.6 Å². The summed E-state index contributed by atoms with van der Waals surface area (Å²) in [5.41, 5.74) is 3.29. The molecule has 0 spiro atoms. The maximum Gasteiger partial charge on any atom is 0.410 e. The molecule has 0 saturated heterocycles. The molecule has 0 aliphatic carbocycles. The number of hydrogen-bond acceptors (Lipinski definition) is 8. The fourth-order valence-corrected chi connectivity index (χ4v) is 3.94. The summed E-state index contributed by atoms with van der Waals surface area (Å²) in [4.78, 5) is 38.3. The van der Waals surface area contributed by atoms with E-state index in [4.69, 9.17) is 16.4 Å². The number of dihydropyridines is 1. The van der Waals surface area contributed by atoms with Gasteiger partial charge in [0.2, 0.25) is 5.91 Å². The van der Waals surface area contributed by atoms with Gasteiger partial charge in [0.1, 0.15) is 6.17 Å². The van der Waals surface area contributed by atoms with Crippen LogP contribution in [-0.2, 0) is 16.1 Å². The van der Waals surface area contributed by atoms with Gasteiger partial charge >= 0.3 is 6.09 Å². The summed E-state index contributed by atoms with van der Waals surface area (Å²) in [7, 11) is 1.26. The molecular weight excluding hydrogens is 426 g/mol. The van der Waals surface area contributed by atoms with E-state index >= 15 is 0 Å². The number of amides is 2. The number of nitrogens with two attached hydrogens (primary N) is 2. The Bertz CT molecular complexity index is 1170. The standard InChI is InChI=1S/C22H25N7O4/c1-13(30)28(23)18-10-14(8-9-25-18)21-20(26-15-6-4-3-5-7-15)19-16(29(21)24)11-27(12-17(19)31)22(32)33-2/h3-10,18,25-26H,11-12,23-24H2,1-2H3. The van der Waals surface area contributed by atoms with E-state index in [1.807, 2.05) is 30.3 Å². The summed E-state index contributed by atoms with van der Waals surface area (Å²) in [5.74, 6) is 11.8. The van der Waals surface area contributed by atoms with Crippen LogP contribution >= 0.6 is 0 Å². The maximum absolute atomic E-state index is 13.2. The first-order valence-electron chi connectivity index (χ1n) is 10.2. The van der Waals surface area contributed by atoms with Crippen molar-refractivity contribution in [1.29, 1.82) is 0 Å². The molecule has 1 unspecified atom stereocenters. The van der Waals surface area contributed by atoms with E-state index in [1.54, 1.807) is 18.4 Å². The molecule has 0 bridgehead atoms. The number of hydrazine groups is 1. The van der Waals surface area contributed by atoms with Crippen molar-refractivity contribution < 1.29 is 19.1 Å². The Kier molecular flexibility index (Phi) is 5.80. The number of rotatable bonds is 4. The minimum atomic E-state index is -0.615. The number of fused-ring (bicyclic) bond motifs is 1. The minimum absolute atomic E-state index is 0.100. The number of carbonyl (C=O) groups is 3. The molecule has 172 valence electrons. The van der Waals surface area contributed by atoms with Crippen LogP contribution in [-0.4, -0.2) is 52.2 Å². The lowest BCUT2D eigenvalue weighted by Gasteiger charge is -2.27. The van der Waals surface area contributed by atoms with Crippen LogP contribution in [0.2, 0.25) is 0 Å². The van der Waals surface area contributed by atoms with E-state index in [0.29, 0.717) is 28.2 Å². The van der Waals surface area contributed by atoms with Gasteiger partial charge in [0.05, 0.1) is 42.8 Å². The van der Waals surface area contributed by atoms with Crippen LogP contribution in [0.4, 0.5) is 16.2 Å². The first-order chi connectivity index (χ1) is 15.8. The minimum Gasteiger partial charge on any atom is -0.453 e. The summed E-state index contributed by atoms with van der Waals surface area (Å²) in [5, 5.41) is 7.37. The number of benzene rings is 1. The van der Waals surface area contributed by atoms with Gasteiger partial charge in [-0.2, -0.15) is 0 Å². The van der Waals surface area contributed by atoms with Gasteiger partial charge in [-0.1, -0.05) is 18.2 Å². The second kappa shape index (κ2) is 8.71. The fourth-order valence-electron chi connectivity index (χ4n) is 3.94. The molecule has 3 heterocycles. The number of ketones is 1. The zero-order valence-corrected chi connectivity index (χ0v) is 18.2. The smallest absolute Gasteiger partial charge is 0.410 e. The highest BCUT2D eigenvalue weighted by atomic mass is 16.5. The van der Waals surface area contributed by atoms with Crippen LogP contribution in [0.15, 0.2) is 48.7 Å². The number of nitrogens with one attached hydrogen (secondary N) is 2. The monoisotopic (exact) mass is 451 g/mol. The molecule has 2 amide bonds. The van der Waals surface area contributed by atoms with Gasteiger partial charge in [-0.15, -0.1) is 0 Å². The Balaban J connectivity index is 1.86. The van der Waals surface area contributed by atoms with Gasteiger partial charge in [-0.3, -0.25) is 24.2 Å². The SMILES string of the molecule is COC(=O)N1CC(=O)c2c(Nc3ccccc3)c(C3=CC(N(N)C(C)=O)NC=C3)n(N)c2C1. The van der Waals surface area contributed by atoms with Crippen molar-refractivity contribution in [2.75, 3.05) is 24.8 Å². The predicted molar refractivity (Wildman–Crippen MR) is 122 cm³/mol. The van der Waals surface area contributed by atoms with Gasteiger partial charge < -0.3 is 21.2 Å². The summed E-state index contributed by atoms with van der Waals surface area (Å²) in [6, 6.07) is 9.35. The highest BCUT2D eigenvalue weighted by molar-refractivity contribution is 6.09. The van der Waals surface area contributed by atoms with Crippen LogP contribution in [0.5, 0.6) is 0 Å². The molecule has 2 aliphatic heterocycles. The quantitative estimate of drug-likeness (QED) is 0.308. The van der Waals surface area contributed by atoms with Crippen molar-refractivity contribution in [3.63, 3.8) is 0 Å². The molecule has 1 atom stereocenters. The molecule has 0 saturated carbocycles. The van der Waals surface area contributed by atoms with E-state index in [9.17, 15) is 14.4 Å². The van der Waals surface area contributed by atoms with Gasteiger partial charge in [-0.25, -0.2) is 10.6 Å². The third-order valence-electron chi connectivity index (χ3n) is 5.54. The number of carbonyl (C=O) groups excluding carboxylic acids is 3. The van der Waals surface area contributed by atoms with Gasteiger partial charge in [0.25, 0.3) is 0 Å². The van der Waals surface area contributed by atoms with E-state index in [0.717, 1.165) is 10.7 Å². The van der Waals surface area contributed by atoms with Crippen LogP contribution in [0.3, 0.4) is 0 Å². The first-order valence-corrected chi connectivity index (χ1v) is 10.2. The summed E-state index contributed by atoms with van der Waals surface area (Å²) >= 11 is 0. The normalized spacial score (nSPS) is 17.1. The Morgan fingerprint density at radius 1 is 1.24 bits per heavy atom. The molecule has 1 aromatic carbocycles. The molecule has 11 heteroatoms. The predicted octanol–water partition coefficient (Wildman–Crippen LogP) is 1.26. The maximum atomic E-state index is 13.2. The van der Waals surface area contributed by atoms with Crippen molar-refractivity contribution in [1.82, 2.24) is 19.9 Å². The number of nitrogens with zero attached hydrogens (tertiary/aromatic N) is 3. The van der Waals surface area contributed by atoms with Crippen molar-refractivity contribution in [3.05, 3.63) is 65.6 Å². The zero-order chi connectivity index (χ0) is 23.7. The van der Waals surface area contributed by atoms with Crippen molar-refractivity contribution in [2.45, 2.75) is 19.6 Å². The lowest BCUT2D eigenvalue weighted by Crippen LogP contribution is -2.50. The largest absolute Gasteiger partial charge is 0.453 e. The molecule has 4 rings (SSSR count).